The monoisotopic (exact) mass is 534 g/mol. The summed E-state index contributed by atoms with van der Waals surface area (Å²) in [5.74, 6) is 0.863. The van der Waals surface area contributed by atoms with Crippen LogP contribution in [-0.2, 0) is 11.3 Å². The second kappa shape index (κ2) is 9.73. The molecule has 0 aliphatic rings. The number of anilines is 1. The first-order valence-corrected chi connectivity index (χ1v) is 11.5. The van der Waals surface area contributed by atoms with Gasteiger partial charge in [-0.05, 0) is 69.5 Å². The number of nitrogens with one attached hydrogen (secondary N) is 1. The maximum Gasteiger partial charge on any atom is 0.234 e. The molecule has 2 aromatic carbocycles. The Hall–Kier alpha value is -1.90. The van der Waals surface area contributed by atoms with Crippen LogP contribution in [-0.4, -0.2) is 26.4 Å². The minimum absolute atomic E-state index is 0.120. The molecule has 0 spiro atoms. The highest BCUT2D eigenvalue weighted by molar-refractivity contribution is 9.11. The molecule has 0 radical (unpaired) electrons. The summed E-state index contributed by atoms with van der Waals surface area (Å²) in [5, 5.41) is 12.3. The summed E-state index contributed by atoms with van der Waals surface area (Å²) in [4.78, 5) is 12.5. The number of carbonyl (C=O) groups excluding carboxylic acids is 1. The van der Waals surface area contributed by atoms with Crippen LogP contribution in [0.3, 0.4) is 0 Å². The quantitative estimate of drug-likeness (QED) is 0.297. The molecule has 8 heteroatoms. The molecule has 150 valence electrons. The van der Waals surface area contributed by atoms with Crippen LogP contribution in [0.25, 0.3) is 11.4 Å². The molecule has 0 aliphatic heterocycles. The molecule has 1 heterocycles. The maximum atomic E-state index is 12.5. The standard InChI is InChI=1S/C21H20Br2N4OS/c1-4-8-27-20(15-7-5-6-13(2)9-15)25-26-21(27)29-12-18(28)24-19-16(22)10-14(3)11-17(19)23/h4-7,9-11H,1,8,12H2,2-3H3,(H,24,28). The summed E-state index contributed by atoms with van der Waals surface area (Å²) in [6.45, 7) is 8.43. The Morgan fingerprint density at radius 3 is 2.55 bits per heavy atom. The fraction of sp³-hybridized carbons (Fsp3) is 0.190. The Kier molecular flexibility index (Phi) is 7.32. The number of allylic oxidation sites excluding steroid dienone is 1. The van der Waals surface area contributed by atoms with Crippen LogP contribution in [0.2, 0.25) is 0 Å². The third-order valence-electron chi connectivity index (χ3n) is 4.09. The molecule has 3 aromatic rings. The third kappa shape index (κ3) is 5.38. The van der Waals surface area contributed by atoms with Crippen molar-refractivity contribution < 1.29 is 4.79 Å². The van der Waals surface area contributed by atoms with Crippen molar-refractivity contribution in [2.24, 2.45) is 0 Å². The Morgan fingerprint density at radius 1 is 1.17 bits per heavy atom. The van der Waals surface area contributed by atoms with E-state index < -0.39 is 0 Å². The molecule has 0 atom stereocenters. The third-order valence-corrected chi connectivity index (χ3v) is 6.31. The van der Waals surface area contributed by atoms with E-state index in [0.29, 0.717) is 17.4 Å². The number of hydrogen-bond acceptors (Lipinski definition) is 4. The van der Waals surface area contributed by atoms with E-state index in [9.17, 15) is 4.79 Å². The Morgan fingerprint density at radius 2 is 1.90 bits per heavy atom. The van der Waals surface area contributed by atoms with Gasteiger partial charge in [-0.2, -0.15) is 0 Å². The molecule has 29 heavy (non-hydrogen) atoms. The Bertz CT molecular complexity index is 1040. The van der Waals surface area contributed by atoms with E-state index in [0.717, 1.165) is 31.5 Å². The lowest BCUT2D eigenvalue weighted by molar-refractivity contribution is -0.113. The van der Waals surface area contributed by atoms with Crippen LogP contribution in [0.4, 0.5) is 5.69 Å². The van der Waals surface area contributed by atoms with Gasteiger partial charge in [-0.25, -0.2) is 0 Å². The molecule has 5 nitrogen and oxygen atoms in total. The summed E-state index contributed by atoms with van der Waals surface area (Å²) < 4.78 is 3.64. The molecule has 0 unspecified atom stereocenters. The van der Waals surface area contributed by atoms with Gasteiger partial charge in [0.25, 0.3) is 0 Å². The summed E-state index contributed by atoms with van der Waals surface area (Å²) in [6.07, 6.45) is 1.80. The fourth-order valence-electron chi connectivity index (χ4n) is 2.81. The summed E-state index contributed by atoms with van der Waals surface area (Å²) >= 11 is 8.35. The van der Waals surface area contributed by atoms with Gasteiger partial charge in [-0.1, -0.05) is 41.6 Å². The topological polar surface area (TPSA) is 59.8 Å². The van der Waals surface area contributed by atoms with Crippen molar-refractivity contribution in [1.29, 1.82) is 0 Å². The van der Waals surface area contributed by atoms with Gasteiger partial charge in [0.1, 0.15) is 0 Å². The largest absolute Gasteiger partial charge is 0.323 e. The molecule has 3 rings (SSSR count). The van der Waals surface area contributed by atoms with Gasteiger partial charge in [0.05, 0.1) is 11.4 Å². The predicted octanol–water partition coefficient (Wildman–Crippen LogP) is 6.00. The number of aromatic nitrogens is 3. The minimum atomic E-state index is -0.120. The van der Waals surface area contributed by atoms with Gasteiger partial charge in [0.2, 0.25) is 5.91 Å². The number of hydrogen-bond donors (Lipinski definition) is 1. The number of amides is 1. The highest BCUT2D eigenvalue weighted by Crippen LogP contribution is 2.32. The molecule has 1 aromatic heterocycles. The second-order valence-electron chi connectivity index (χ2n) is 6.52. The molecular weight excluding hydrogens is 516 g/mol. The number of nitrogens with zero attached hydrogens (tertiary/aromatic N) is 3. The van der Waals surface area contributed by atoms with Gasteiger partial charge in [-0.3, -0.25) is 9.36 Å². The van der Waals surface area contributed by atoms with E-state index in [1.807, 2.05) is 48.7 Å². The predicted molar refractivity (Wildman–Crippen MR) is 126 cm³/mol. The average molecular weight is 536 g/mol. The van der Waals surface area contributed by atoms with E-state index in [1.54, 1.807) is 6.08 Å². The van der Waals surface area contributed by atoms with E-state index >= 15 is 0 Å². The molecule has 1 N–H and O–H groups in total. The van der Waals surface area contributed by atoms with Crippen LogP contribution in [0.5, 0.6) is 0 Å². The minimum Gasteiger partial charge on any atom is -0.323 e. The lowest BCUT2D eigenvalue weighted by atomic mass is 10.1. The summed E-state index contributed by atoms with van der Waals surface area (Å²) in [6, 6.07) is 12.0. The zero-order valence-corrected chi connectivity index (χ0v) is 20.1. The van der Waals surface area contributed by atoms with Crippen molar-refractivity contribution in [2.45, 2.75) is 25.5 Å². The summed E-state index contributed by atoms with van der Waals surface area (Å²) in [7, 11) is 0. The number of halogens is 2. The number of aryl methyl sites for hydroxylation is 2. The Balaban J connectivity index is 1.75. The molecule has 0 saturated heterocycles. The molecule has 1 amide bonds. The maximum absolute atomic E-state index is 12.5. The van der Waals surface area contributed by atoms with Crippen LogP contribution in [0.1, 0.15) is 11.1 Å². The van der Waals surface area contributed by atoms with Gasteiger partial charge in [0.15, 0.2) is 11.0 Å². The van der Waals surface area contributed by atoms with Crippen molar-refractivity contribution in [3.8, 4) is 11.4 Å². The van der Waals surface area contributed by atoms with Crippen LogP contribution >= 0.6 is 43.6 Å². The number of benzene rings is 2. The zero-order chi connectivity index (χ0) is 21.0. The van der Waals surface area contributed by atoms with E-state index in [-0.39, 0.29) is 11.7 Å². The molecule has 0 saturated carbocycles. The highest BCUT2D eigenvalue weighted by atomic mass is 79.9. The normalized spacial score (nSPS) is 10.8. The lowest BCUT2D eigenvalue weighted by Crippen LogP contribution is -2.15. The Labute approximate surface area is 191 Å². The van der Waals surface area contributed by atoms with E-state index in [1.165, 1.54) is 11.8 Å². The van der Waals surface area contributed by atoms with Crippen molar-refractivity contribution in [2.75, 3.05) is 11.1 Å². The van der Waals surface area contributed by atoms with Crippen LogP contribution in [0.15, 0.2) is 63.2 Å². The SMILES string of the molecule is C=CCn1c(SCC(=O)Nc2c(Br)cc(C)cc2Br)nnc1-c1cccc(C)c1. The smallest absolute Gasteiger partial charge is 0.234 e. The first kappa shape index (κ1) is 21.8. The van der Waals surface area contributed by atoms with E-state index in [4.69, 9.17) is 0 Å². The number of carbonyl (C=O) groups is 1. The molecule has 0 aliphatic carbocycles. The van der Waals surface area contributed by atoms with Crippen LogP contribution < -0.4 is 5.32 Å². The zero-order valence-electron chi connectivity index (χ0n) is 16.1. The van der Waals surface area contributed by atoms with Crippen molar-refractivity contribution in [3.63, 3.8) is 0 Å². The van der Waals surface area contributed by atoms with Crippen molar-refractivity contribution >= 4 is 55.2 Å². The first-order valence-electron chi connectivity index (χ1n) is 8.88. The summed E-state index contributed by atoms with van der Waals surface area (Å²) in [5.41, 5.74) is 3.95. The molecule has 0 bridgehead atoms. The lowest BCUT2D eigenvalue weighted by Gasteiger charge is -2.11. The van der Waals surface area contributed by atoms with Gasteiger partial charge < -0.3 is 5.32 Å². The highest BCUT2D eigenvalue weighted by Gasteiger charge is 2.16. The van der Waals surface area contributed by atoms with E-state index in [2.05, 4.69) is 60.0 Å². The first-order chi connectivity index (χ1) is 13.9. The fourth-order valence-corrected chi connectivity index (χ4v) is 5.17. The molecule has 0 fully saturated rings. The van der Waals surface area contributed by atoms with Crippen molar-refractivity contribution in [1.82, 2.24) is 14.8 Å². The van der Waals surface area contributed by atoms with Gasteiger partial charge in [0, 0.05) is 21.1 Å². The second-order valence-corrected chi connectivity index (χ2v) is 9.17. The molecular formula is C21H20Br2N4OS. The van der Waals surface area contributed by atoms with Crippen LogP contribution in [0, 0.1) is 13.8 Å². The number of rotatable bonds is 7. The van der Waals surface area contributed by atoms with Crippen molar-refractivity contribution in [3.05, 3.63) is 69.1 Å². The average Bonchev–Trinajstić information content (AvgIpc) is 3.06. The van der Waals surface area contributed by atoms with Gasteiger partial charge >= 0.3 is 0 Å². The number of thioether (sulfide) groups is 1. The van der Waals surface area contributed by atoms with Gasteiger partial charge in [-0.15, -0.1) is 16.8 Å².